The number of carbonyl (C=O) groups is 1. The summed E-state index contributed by atoms with van der Waals surface area (Å²) in [4.78, 5) is 12.3. The SMILES string of the molecule is CCc1nnc(NCC(=O)Nc2c(C)cccc2C)c(C#N)c1CC. The molecule has 0 aliphatic heterocycles. The van der Waals surface area contributed by atoms with Gasteiger partial charge in [-0.15, -0.1) is 5.10 Å². The van der Waals surface area contributed by atoms with Crippen LogP contribution in [0.25, 0.3) is 0 Å². The van der Waals surface area contributed by atoms with Gasteiger partial charge in [-0.1, -0.05) is 32.0 Å². The Morgan fingerprint density at radius 2 is 1.84 bits per heavy atom. The number of hydrogen-bond donors (Lipinski definition) is 2. The van der Waals surface area contributed by atoms with E-state index in [9.17, 15) is 10.1 Å². The topological polar surface area (TPSA) is 90.7 Å². The van der Waals surface area contributed by atoms with Crippen molar-refractivity contribution in [1.82, 2.24) is 10.2 Å². The zero-order chi connectivity index (χ0) is 18.4. The molecule has 1 aromatic heterocycles. The van der Waals surface area contributed by atoms with Crippen LogP contribution in [0.2, 0.25) is 0 Å². The lowest BCUT2D eigenvalue weighted by Crippen LogP contribution is -2.24. The van der Waals surface area contributed by atoms with E-state index in [1.54, 1.807) is 0 Å². The number of hydrogen-bond acceptors (Lipinski definition) is 5. The zero-order valence-corrected chi connectivity index (χ0v) is 15.1. The van der Waals surface area contributed by atoms with E-state index in [-0.39, 0.29) is 12.5 Å². The van der Waals surface area contributed by atoms with E-state index in [0.29, 0.717) is 17.8 Å². The van der Waals surface area contributed by atoms with Gasteiger partial charge in [0.05, 0.1) is 12.2 Å². The Kier molecular flexibility index (Phi) is 6.07. The minimum Gasteiger partial charge on any atom is -0.358 e. The molecule has 0 saturated carbocycles. The van der Waals surface area contributed by atoms with Crippen LogP contribution in [-0.2, 0) is 17.6 Å². The quantitative estimate of drug-likeness (QED) is 0.845. The number of aromatic nitrogens is 2. The Labute approximate surface area is 148 Å². The Balaban J connectivity index is 2.14. The monoisotopic (exact) mass is 337 g/mol. The fourth-order valence-corrected chi connectivity index (χ4v) is 2.78. The summed E-state index contributed by atoms with van der Waals surface area (Å²) in [5, 5.41) is 23.6. The lowest BCUT2D eigenvalue weighted by molar-refractivity contribution is -0.114. The van der Waals surface area contributed by atoms with Gasteiger partial charge in [0.1, 0.15) is 11.6 Å². The smallest absolute Gasteiger partial charge is 0.243 e. The molecule has 2 rings (SSSR count). The molecule has 2 aromatic rings. The number of nitrogens with zero attached hydrogens (tertiary/aromatic N) is 3. The van der Waals surface area contributed by atoms with Crippen LogP contribution < -0.4 is 10.6 Å². The molecule has 1 aromatic carbocycles. The van der Waals surface area contributed by atoms with Crippen molar-refractivity contribution >= 4 is 17.4 Å². The van der Waals surface area contributed by atoms with Crippen LogP contribution in [0.3, 0.4) is 0 Å². The average Bonchev–Trinajstić information content (AvgIpc) is 2.62. The van der Waals surface area contributed by atoms with E-state index < -0.39 is 0 Å². The van der Waals surface area contributed by atoms with Crippen LogP contribution in [-0.4, -0.2) is 22.6 Å². The third-order valence-electron chi connectivity index (χ3n) is 4.12. The van der Waals surface area contributed by atoms with Crippen LogP contribution in [0.15, 0.2) is 18.2 Å². The van der Waals surface area contributed by atoms with Gasteiger partial charge in [0.25, 0.3) is 0 Å². The third-order valence-corrected chi connectivity index (χ3v) is 4.12. The minimum atomic E-state index is -0.194. The number of nitrogens with one attached hydrogen (secondary N) is 2. The largest absolute Gasteiger partial charge is 0.358 e. The Morgan fingerprint density at radius 1 is 1.16 bits per heavy atom. The molecule has 130 valence electrons. The van der Waals surface area contributed by atoms with Gasteiger partial charge in [0, 0.05) is 5.69 Å². The molecule has 2 N–H and O–H groups in total. The fourth-order valence-electron chi connectivity index (χ4n) is 2.78. The van der Waals surface area contributed by atoms with Gasteiger partial charge in [-0.3, -0.25) is 4.79 Å². The van der Waals surface area contributed by atoms with E-state index in [4.69, 9.17) is 0 Å². The van der Waals surface area contributed by atoms with E-state index in [0.717, 1.165) is 34.5 Å². The first-order valence-electron chi connectivity index (χ1n) is 8.40. The summed E-state index contributed by atoms with van der Waals surface area (Å²) in [5.74, 6) is 0.161. The molecule has 0 atom stereocenters. The first-order chi connectivity index (χ1) is 12.0. The Morgan fingerprint density at radius 3 is 2.40 bits per heavy atom. The molecule has 0 radical (unpaired) electrons. The highest BCUT2D eigenvalue weighted by molar-refractivity contribution is 5.95. The summed E-state index contributed by atoms with van der Waals surface area (Å²) >= 11 is 0. The molecule has 0 bridgehead atoms. The molecule has 6 nitrogen and oxygen atoms in total. The van der Waals surface area contributed by atoms with Gasteiger partial charge >= 0.3 is 0 Å². The number of benzene rings is 1. The molecule has 6 heteroatoms. The van der Waals surface area contributed by atoms with Crippen LogP contribution in [0.5, 0.6) is 0 Å². The van der Waals surface area contributed by atoms with Gasteiger partial charge in [-0.05, 0) is 43.4 Å². The summed E-state index contributed by atoms with van der Waals surface area (Å²) in [7, 11) is 0. The fraction of sp³-hybridized carbons (Fsp3) is 0.368. The highest BCUT2D eigenvalue weighted by Gasteiger charge is 2.15. The highest BCUT2D eigenvalue weighted by Crippen LogP contribution is 2.21. The molecule has 0 unspecified atom stereocenters. The Hall–Kier alpha value is -2.94. The van der Waals surface area contributed by atoms with Crippen LogP contribution in [0, 0.1) is 25.2 Å². The molecule has 0 spiro atoms. The number of nitriles is 1. The van der Waals surface area contributed by atoms with Crippen molar-refractivity contribution in [1.29, 1.82) is 5.26 Å². The van der Waals surface area contributed by atoms with E-state index >= 15 is 0 Å². The molecular formula is C19H23N5O. The number of amides is 1. The summed E-state index contributed by atoms with van der Waals surface area (Å²) < 4.78 is 0. The first-order valence-corrected chi connectivity index (χ1v) is 8.40. The molecule has 1 heterocycles. The molecule has 0 saturated heterocycles. The summed E-state index contributed by atoms with van der Waals surface area (Å²) in [6.07, 6.45) is 1.42. The summed E-state index contributed by atoms with van der Waals surface area (Å²) in [5.41, 5.74) is 5.01. The van der Waals surface area contributed by atoms with Crippen LogP contribution in [0.1, 0.15) is 41.8 Å². The number of para-hydroxylation sites is 1. The van der Waals surface area contributed by atoms with Crippen LogP contribution in [0.4, 0.5) is 11.5 Å². The second-order valence-corrected chi connectivity index (χ2v) is 5.84. The number of anilines is 2. The minimum absolute atomic E-state index is 0.0196. The van der Waals surface area contributed by atoms with Crippen molar-refractivity contribution in [2.45, 2.75) is 40.5 Å². The third kappa shape index (κ3) is 4.13. The number of aryl methyl sites for hydroxylation is 3. The maximum atomic E-state index is 12.3. The van der Waals surface area contributed by atoms with Crippen LogP contribution >= 0.6 is 0 Å². The molecule has 0 aliphatic rings. The highest BCUT2D eigenvalue weighted by atomic mass is 16.1. The van der Waals surface area contributed by atoms with Crippen molar-refractivity contribution in [3.63, 3.8) is 0 Å². The second-order valence-electron chi connectivity index (χ2n) is 5.84. The van der Waals surface area contributed by atoms with Gasteiger partial charge in [-0.25, -0.2) is 0 Å². The van der Waals surface area contributed by atoms with Crippen molar-refractivity contribution < 1.29 is 4.79 Å². The maximum Gasteiger partial charge on any atom is 0.243 e. The maximum absolute atomic E-state index is 12.3. The van der Waals surface area contributed by atoms with E-state index in [1.807, 2.05) is 45.9 Å². The van der Waals surface area contributed by atoms with Crippen molar-refractivity contribution in [3.05, 3.63) is 46.1 Å². The van der Waals surface area contributed by atoms with Crippen molar-refractivity contribution in [2.75, 3.05) is 17.2 Å². The molecule has 0 fully saturated rings. The lowest BCUT2D eigenvalue weighted by atomic mass is 10.0. The standard InChI is InChI=1S/C19H23N5O/c1-5-14-15(10-20)19(24-23-16(14)6-2)21-11-17(25)22-18-12(3)8-7-9-13(18)4/h7-9H,5-6,11H2,1-4H3,(H,21,24)(H,22,25). The predicted octanol–water partition coefficient (Wildman–Crippen LogP) is 3.14. The van der Waals surface area contributed by atoms with Crippen molar-refractivity contribution in [2.24, 2.45) is 0 Å². The summed E-state index contributed by atoms with van der Waals surface area (Å²) in [6.45, 7) is 7.88. The summed E-state index contributed by atoms with van der Waals surface area (Å²) in [6, 6.07) is 8.04. The van der Waals surface area contributed by atoms with E-state index in [2.05, 4.69) is 26.9 Å². The second kappa shape index (κ2) is 8.25. The zero-order valence-electron chi connectivity index (χ0n) is 15.1. The van der Waals surface area contributed by atoms with Gasteiger partial charge in [0.15, 0.2) is 5.82 Å². The Bertz CT molecular complexity index is 803. The molecular weight excluding hydrogens is 314 g/mol. The number of rotatable bonds is 6. The van der Waals surface area contributed by atoms with Crippen molar-refractivity contribution in [3.8, 4) is 6.07 Å². The molecule has 0 aliphatic carbocycles. The van der Waals surface area contributed by atoms with Gasteiger partial charge in [-0.2, -0.15) is 10.4 Å². The predicted molar refractivity (Wildman–Crippen MR) is 98.5 cm³/mol. The average molecular weight is 337 g/mol. The van der Waals surface area contributed by atoms with Gasteiger partial charge < -0.3 is 10.6 Å². The molecule has 25 heavy (non-hydrogen) atoms. The van der Waals surface area contributed by atoms with Gasteiger partial charge in [0.2, 0.25) is 5.91 Å². The normalized spacial score (nSPS) is 10.2. The van der Waals surface area contributed by atoms with E-state index in [1.165, 1.54) is 0 Å². The number of carbonyl (C=O) groups excluding carboxylic acids is 1. The lowest BCUT2D eigenvalue weighted by Gasteiger charge is -2.14. The molecule has 1 amide bonds. The first kappa shape index (κ1) is 18.4.